The first kappa shape index (κ1) is 20.1. The maximum atomic E-state index is 13.0. The minimum absolute atomic E-state index is 0.223. The zero-order chi connectivity index (χ0) is 19.4. The van der Waals surface area contributed by atoms with Crippen molar-refractivity contribution in [3.05, 3.63) is 34.3 Å². The Morgan fingerprint density at radius 1 is 1.11 bits per heavy atom. The van der Waals surface area contributed by atoms with E-state index in [-0.39, 0.29) is 4.90 Å². The van der Waals surface area contributed by atoms with Gasteiger partial charge in [-0.2, -0.15) is 4.31 Å². The van der Waals surface area contributed by atoms with Crippen LogP contribution in [0.3, 0.4) is 0 Å². The van der Waals surface area contributed by atoms with Crippen LogP contribution in [0.5, 0.6) is 11.5 Å². The van der Waals surface area contributed by atoms with Crippen LogP contribution in [-0.4, -0.2) is 63.0 Å². The number of piperazine rings is 1. The fraction of sp³-hybridized carbons (Fsp3) is 0.500. The Morgan fingerprint density at radius 2 is 1.81 bits per heavy atom. The third kappa shape index (κ3) is 4.43. The first-order valence-corrected chi connectivity index (χ1v) is 11.2. The van der Waals surface area contributed by atoms with Crippen molar-refractivity contribution in [2.75, 3.05) is 40.4 Å². The number of aromatic nitrogens is 1. The lowest BCUT2D eigenvalue weighted by molar-refractivity contribution is 0.180. The van der Waals surface area contributed by atoms with E-state index in [1.54, 1.807) is 23.5 Å². The molecule has 27 heavy (non-hydrogen) atoms. The number of hydrogen-bond acceptors (Lipinski definition) is 7. The van der Waals surface area contributed by atoms with Gasteiger partial charge < -0.3 is 9.47 Å². The van der Waals surface area contributed by atoms with Gasteiger partial charge in [-0.3, -0.25) is 4.90 Å². The van der Waals surface area contributed by atoms with Gasteiger partial charge in [-0.05, 0) is 18.6 Å². The number of ether oxygens (including phenoxy) is 2. The standard InChI is InChI=1S/C18H25N3O4S2/c1-4-18-19-14(13-26-18)12-20-7-9-21(10-8-20)27(22,23)15-5-6-16(24-2)17(11-15)25-3/h5-6,11,13H,4,7-10,12H2,1-3H3. The molecular weight excluding hydrogens is 386 g/mol. The molecule has 2 heterocycles. The fourth-order valence-electron chi connectivity index (χ4n) is 3.07. The van der Waals surface area contributed by atoms with E-state index in [0.717, 1.165) is 23.7 Å². The first-order valence-electron chi connectivity index (χ1n) is 8.85. The van der Waals surface area contributed by atoms with Crippen molar-refractivity contribution in [1.82, 2.24) is 14.2 Å². The van der Waals surface area contributed by atoms with Crippen LogP contribution in [0.1, 0.15) is 17.6 Å². The predicted molar refractivity (Wildman–Crippen MR) is 105 cm³/mol. The molecule has 0 atom stereocenters. The highest BCUT2D eigenvalue weighted by molar-refractivity contribution is 7.89. The molecule has 1 aromatic heterocycles. The van der Waals surface area contributed by atoms with E-state index in [4.69, 9.17) is 9.47 Å². The van der Waals surface area contributed by atoms with Crippen molar-refractivity contribution in [2.45, 2.75) is 24.8 Å². The summed E-state index contributed by atoms with van der Waals surface area (Å²) in [6.07, 6.45) is 0.946. The van der Waals surface area contributed by atoms with Crippen LogP contribution in [0.4, 0.5) is 0 Å². The largest absolute Gasteiger partial charge is 0.493 e. The minimum Gasteiger partial charge on any atom is -0.493 e. The summed E-state index contributed by atoms with van der Waals surface area (Å²) >= 11 is 1.68. The minimum atomic E-state index is -3.56. The zero-order valence-corrected chi connectivity index (χ0v) is 17.5. The molecule has 2 aromatic rings. The summed E-state index contributed by atoms with van der Waals surface area (Å²) in [7, 11) is -0.538. The molecule has 0 unspecified atom stereocenters. The Balaban J connectivity index is 1.65. The summed E-state index contributed by atoms with van der Waals surface area (Å²) in [6.45, 7) is 5.15. The summed E-state index contributed by atoms with van der Waals surface area (Å²) < 4.78 is 37.9. The molecule has 0 saturated carbocycles. The molecule has 148 valence electrons. The molecule has 3 rings (SSSR count). The Bertz CT molecular complexity index is 874. The van der Waals surface area contributed by atoms with Gasteiger partial charge in [0, 0.05) is 44.2 Å². The number of methoxy groups -OCH3 is 2. The highest BCUT2D eigenvalue weighted by Crippen LogP contribution is 2.31. The number of hydrogen-bond donors (Lipinski definition) is 0. The number of thiazole rings is 1. The average molecular weight is 412 g/mol. The lowest BCUT2D eigenvalue weighted by Gasteiger charge is -2.33. The summed E-state index contributed by atoms with van der Waals surface area (Å²) in [6, 6.07) is 4.70. The van der Waals surface area contributed by atoms with Gasteiger partial charge in [0.15, 0.2) is 11.5 Å². The Labute approximate surface area is 164 Å². The Kier molecular flexibility index (Phi) is 6.36. The maximum absolute atomic E-state index is 13.0. The highest BCUT2D eigenvalue weighted by Gasteiger charge is 2.29. The second-order valence-electron chi connectivity index (χ2n) is 6.28. The molecule has 0 bridgehead atoms. The zero-order valence-electron chi connectivity index (χ0n) is 15.8. The lowest BCUT2D eigenvalue weighted by Crippen LogP contribution is -2.48. The summed E-state index contributed by atoms with van der Waals surface area (Å²) in [5.74, 6) is 0.920. The molecule has 1 aromatic carbocycles. The lowest BCUT2D eigenvalue weighted by atomic mass is 10.3. The molecule has 1 aliphatic rings. The molecule has 7 nitrogen and oxygen atoms in total. The topological polar surface area (TPSA) is 72.0 Å². The van der Waals surface area contributed by atoms with Crippen molar-refractivity contribution in [2.24, 2.45) is 0 Å². The van der Waals surface area contributed by atoms with E-state index in [9.17, 15) is 8.42 Å². The van der Waals surface area contributed by atoms with Crippen LogP contribution in [0.2, 0.25) is 0 Å². The van der Waals surface area contributed by atoms with E-state index in [1.165, 1.54) is 24.6 Å². The SMILES string of the molecule is CCc1nc(CN2CCN(S(=O)(=O)c3ccc(OC)c(OC)c3)CC2)cs1. The van der Waals surface area contributed by atoms with Gasteiger partial charge in [-0.1, -0.05) is 6.92 Å². The van der Waals surface area contributed by atoms with Gasteiger partial charge >= 0.3 is 0 Å². The van der Waals surface area contributed by atoms with Crippen LogP contribution in [-0.2, 0) is 23.0 Å². The molecule has 0 N–H and O–H groups in total. The quantitative estimate of drug-likeness (QED) is 0.696. The van der Waals surface area contributed by atoms with Crippen molar-refractivity contribution in [3.8, 4) is 11.5 Å². The van der Waals surface area contributed by atoms with Crippen LogP contribution in [0, 0.1) is 0 Å². The highest BCUT2D eigenvalue weighted by atomic mass is 32.2. The van der Waals surface area contributed by atoms with Gasteiger partial charge in [0.05, 0.1) is 29.8 Å². The van der Waals surface area contributed by atoms with Crippen molar-refractivity contribution in [1.29, 1.82) is 0 Å². The predicted octanol–water partition coefficient (Wildman–Crippen LogP) is 2.23. The molecule has 0 radical (unpaired) electrons. The van der Waals surface area contributed by atoms with E-state index >= 15 is 0 Å². The van der Waals surface area contributed by atoms with Crippen LogP contribution in [0.15, 0.2) is 28.5 Å². The molecule has 9 heteroatoms. The second-order valence-corrected chi connectivity index (χ2v) is 9.16. The second kappa shape index (κ2) is 8.55. The van der Waals surface area contributed by atoms with Gasteiger partial charge in [0.25, 0.3) is 0 Å². The molecule has 0 aliphatic carbocycles. The van der Waals surface area contributed by atoms with Crippen LogP contribution in [0.25, 0.3) is 0 Å². The Hall–Kier alpha value is -1.68. The number of sulfonamides is 1. The molecular formula is C18H25N3O4S2. The van der Waals surface area contributed by atoms with E-state index in [1.807, 2.05) is 0 Å². The third-order valence-corrected chi connectivity index (χ3v) is 7.55. The van der Waals surface area contributed by atoms with Gasteiger partial charge in [0.2, 0.25) is 10.0 Å². The number of aryl methyl sites for hydroxylation is 1. The summed E-state index contributed by atoms with van der Waals surface area (Å²) in [4.78, 5) is 7.06. The van der Waals surface area contributed by atoms with Gasteiger partial charge in [-0.15, -0.1) is 11.3 Å². The molecule has 1 fully saturated rings. The van der Waals surface area contributed by atoms with E-state index in [0.29, 0.717) is 37.7 Å². The van der Waals surface area contributed by atoms with Crippen molar-refractivity contribution >= 4 is 21.4 Å². The maximum Gasteiger partial charge on any atom is 0.243 e. The average Bonchev–Trinajstić information content (AvgIpc) is 3.15. The molecule has 0 amide bonds. The molecule has 1 saturated heterocycles. The monoisotopic (exact) mass is 411 g/mol. The first-order chi connectivity index (χ1) is 13.0. The van der Waals surface area contributed by atoms with E-state index in [2.05, 4.69) is 22.2 Å². The van der Waals surface area contributed by atoms with E-state index < -0.39 is 10.0 Å². The summed E-state index contributed by atoms with van der Waals surface area (Å²) in [5.41, 5.74) is 1.06. The summed E-state index contributed by atoms with van der Waals surface area (Å²) in [5, 5.41) is 3.23. The molecule has 1 aliphatic heterocycles. The Morgan fingerprint density at radius 3 is 2.41 bits per heavy atom. The number of benzene rings is 1. The number of rotatable bonds is 7. The van der Waals surface area contributed by atoms with Gasteiger partial charge in [-0.25, -0.2) is 13.4 Å². The van der Waals surface area contributed by atoms with Crippen LogP contribution < -0.4 is 9.47 Å². The fourth-order valence-corrected chi connectivity index (χ4v) is 5.24. The normalized spacial score (nSPS) is 16.4. The van der Waals surface area contributed by atoms with Crippen molar-refractivity contribution < 1.29 is 17.9 Å². The smallest absolute Gasteiger partial charge is 0.243 e. The van der Waals surface area contributed by atoms with Gasteiger partial charge in [0.1, 0.15) is 0 Å². The third-order valence-electron chi connectivity index (χ3n) is 4.61. The van der Waals surface area contributed by atoms with Crippen molar-refractivity contribution in [3.63, 3.8) is 0 Å². The van der Waals surface area contributed by atoms with Crippen LogP contribution >= 0.6 is 11.3 Å². The number of nitrogens with zero attached hydrogens (tertiary/aromatic N) is 3. The molecule has 0 spiro atoms.